The molecule has 0 aromatic rings. The van der Waals surface area contributed by atoms with Crippen LogP contribution in [0.3, 0.4) is 0 Å². The van der Waals surface area contributed by atoms with E-state index in [2.05, 4.69) is 0 Å². The molecular weight excluding hydrogens is 543 g/mol. The van der Waals surface area contributed by atoms with Crippen molar-refractivity contribution in [1.29, 1.82) is 0 Å². The average molecular weight is 547 g/mol. The zero-order valence-electron chi connectivity index (χ0n) is 10.0. The molecule has 5 aliphatic rings. The fourth-order valence-corrected chi connectivity index (χ4v) is 11.9. The van der Waals surface area contributed by atoms with Gasteiger partial charge in [0, 0.05) is 0 Å². The molecule has 0 aromatic heterocycles. The van der Waals surface area contributed by atoms with Gasteiger partial charge in [-0.25, -0.2) is 0 Å². The summed E-state index contributed by atoms with van der Waals surface area (Å²) in [5.41, 5.74) is 0. The number of hydrogen-bond donors (Lipinski definition) is 0. The van der Waals surface area contributed by atoms with Crippen LogP contribution in [0.5, 0.6) is 0 Å². The molecule has 6 atom stereocenters. The maximum absolute atomic E-state index is 11.9. The van der Waals surface area contributed by atoms with E-state index in [1.54, 1.807) is 0 Å². The Balaban J connectivity index is 1.66. The van der Waals surface area contributed by atoms with E-state index < -0.39 is 87.9 Å². The summed E-state index contributed by atoms with van der Waals surface area (Å²) in [5.74, 6) is -3.89. The van der Waals surface area contributed by atoms with Crippen molar-refractivity contribution in [3.63, 3.8) is 0 Å². The van der Waals surface area contributed by atoms with E-state index in [-0.39, 0.29) is 0 Å². The Morgan fingerprint density at radius 1 is 0.500 bits per heavy atom. The molecule has 0 amide bonds. The van der Waals surface area contributed by atoms with Gasteiger partial charge in [0.25, 0.3) is 0 Å². The van der Waals surface area contributed by atoms with Gasteiger partial charge in [0.15, 0.2) is 0 Å². The van der Waals surface area contributed by atoms with Crippen LogP contribution in [-0.2, 0) is 44.0 Å². The minimum atomic E-state index is -4.75. The normalized spacial score (nSPS) is 57.1. The van der Waals surface area contributed by atoms with Gasteiger partial charge in [0.05, 0.1) is 0 Å². The summed E-state index contributed by atoms with van der Waals surface area (Å²) in [6.45, 7) is 0. The molecule has 5 fully saturated rings. The Morgan fingerprint density at radius 2 is 0.727 bits per heavy atom. The fourth-order valence-electron chi connectivity index (χ4n) is 2.19. The van der Waals surface area contributed by atoms with E-state index in [4.69, 9.17) is 24.8 Å². The first kappa shape index (κ1) is 13.7. The number of fused-ring (bicyclic) bond motifs is 6. The standard InChI is InChI=1S/C8H4O12Te2/c9-5-1-2-6(10)18-22(14-2)16-4(8(12)20-22)3-7(11)19-21(13-1,15-3)17-5/h1-4H/t1-,2+,3+,4-. The molecule has 12 nitrogen and oxygen atoms in total. The number of rotatable bonds is 0. The van der Waals surface area contributed by atoms with Crippen LogP contribution in [-0.4, -0.2) is 87.9 Å². The Morgan fingerprint density at radius 3 is 0.955 bits per heavy atom. The Hall–Kier alpha value is -0.701. The van der Waals surface area contributed by atoms with E-state index in [0.29, 0.717) is 0 Å². The van der Waals surface area contributed by atoms with Crippen molar-refractivity contribution < 1.29 is 44.0 Å². The first-order valence-corrected chi connectivity index (χ1v) is 13.3. The van der Waals surface area contributed by atoms with Crippen molar-refractivity contribution in [2.75, 3.05) is 0 Å². The molecule has 5 saturated heterocycles. The quantitative estimate of drug-likeness (QED) is 0.280. The third kappa shape index (κ3) is 1.61. The number of carbonyl (C=O) groups is 4. The van der Waals surface area contributed by atoms with Crippen LogP contribution in [0.25, 0.3) is 0 Å². The molecule has 5 rings (SSSR count). The summed E-state index contributed by atoms with van der Waals surface area (Å²) in [6, 6.07) is 0. The van der Waals surface area contributed by atoms with Crippen LogP contribution in [0.2, 0.25) is 0 Å². The predicted octanol–water partition coefficient (Wildman–Crippen LogP) is -3.36. The molecule has 2 unspecified atom stereocenters. The molecule has 5 aliphatic heterocycles. The van der Waals surface area contributed by atoms with E-state index in [1.807, 2.05) is 0 Å². The van der Waals surface area contributed by atoms with Gasteiger partial charge in [-0.3, -0.25) is 0 Å². The molecule has 22 heavy (non-hydrogen) atoms. The maximum atomic E-state index is 11.9. The van der Waals surface area contributed by atoms with Gasteiger partial charge >= 0.3 is 132 Å². The Kier molecular flexibility index (Phi) is 2.51. The summed E-state index contributed by atoms with van der Waals surface area (Å²) < 4.78 is 40.9. The van der Waals surface area contributed by atoms with Gasteiger partial charge in [0.2, 0.25) is 0 Å². The molecule has 5 heterocycles. The monoisotopic (exact) mass is 552 g/mol. The van der Waals surface area contributed by atoms with Gasteiger partial charge in [-0.15, -0.1) is 0 Å². The molecule has 0 aromatic carbocycles. The van der Waals surface area contributed by atoms with Gasteiger partial charge in [0.1, 0.15) is 0 Å². The summed E-state index contributed by atoms with van der Waals surface area (Å²) in [5, 5.41) is 0. The molecule has 0 aliphatic carbocycles. The van der Waals surface area contributed by atoms with Crippen molar-refractivity contribution in [2.45, 2.75) is 24.4 Å². The SMILES string of the molecule is O=C1O[Te]23OC(=O)[C@H](O2)[C@@H]2O[Te]4(OC2=O)OC(=O)[C@H](O4)[C@@H]1O3. The van der Waals surface area contributed by atoms with Gasteiger partial charge in [-0.05, 0) is 0 Å². The zero-order chi connectivity index (χ0) is 15.3. The third-order valence-electron chi connectivity index (χ3n) is 3.10. The number of carbonyl (C=O) groups excluding carboxylic acids is 4. The van der Waals surface area contributed by atoms with Crippen LogP contribution < -0.4 is 0 Å². The predicted molar refractivity (Wildman–Crippen MR) is 55.4 cm³/mol. The van der Waals surface area contributed by atoms with Gasteiger partial charge in [-0.2, -0.15) is 0 Å². The van der Waals surface area contributed by atoms with E-state index in [0.717, 1.165) is 0 Å². The molecule has 0 N–H and O–H groups in total. The van der Waals surface area contributed by atoms with Crippen LogP contribution in [0.1, 0.15) is 0 Å². The summed E-state index contributed by atoms with van der Waals surface area (Å²) >= 11 is -9.50. The molecular formula is C8H4O12Te2. The number of hydrogen-bond acceptors (Lipinski definition) is 12. The molecule has 2 spiro atoms. The average Bonchev–Trinajstić information content (AvgIpc) is 3.09. The van der Waals surface area contributed by atoms with Gasteiger partial charge < -0.3 is 0 Å². The molecule has 14 heteroatoms. The second-order valence-electron chi connectivity index (χ2n) is 4.49. The van der Waals surface area contributed by atoms with E-state index in [9.17, 15) is 19.2 Å². The zero-order valence-corrected chi connectivity index (χ0v) is 14.7. The second-order valence-corrected chi connectivity index (χ2v) is 13.3. The summed E-state index contributed by atoms with van der Waals surface area (Å²) in [4.78, 5) is 47.6. The summed E-state index contributed by atoms with van der Waals surface area (Å²) in [6.07, 6.45) is -6.09. The molecule has 120 valence electrons. The van der Waals surface area contributed by atoms with Crippen molar-refractivity contribution >= 4 is 63.5 Å². The van der Waals surface area contributed by atoms with E-state index in [1.165, 1.54) is 0 Å². The van der Waals surface area contributed by atoms with E-state index >= 15 is 0 Å². The van der Waals surface area contributed by atoms with Crippen LogP contribution >= 0.6 is 0 Å². The summed E-state index contributed by atoms with van der Waals surface area (Å²) in [7, 11) is 0. The van der Waals surface area contributed by atoms with Crippen LogP contribution in [0.4, 0.5) is 0 Å². The van der Waals surface area contributed by atoms with Crippen LogP contribution in [0.15, 0.2) is 0 Å². The molecule has 6 bridgehead atoms. The molecule has 0 saturated carbocycles. The van der Waals surface area contributed by atoms with Crippen molar-refractivity contribution in [3.8, 4) is 0 Å². The van der Waals surface area contributed by atoms with Crippen molar-refractivity contribution in [3.05, 3.63) is 0 Å². The first-order valence-electron chi connectivity index (χ1n) is 5.73. The third-order valence-corrected chi connectivity index (χ3v) is 12.4. The Labute approximate surface area is 131 Å². The van der Waals surface area contributed by atoms with Crippen LogP contribution in [0, 0.1) is 0 Å². The topological polar surface area (TPSA) is 142 Å². The van der Waals surface area contributed by atoms with Crippen molar-refractivity contribution in [2.24, 2.45) is 0 Å². The Bertz CT molecular complexity index is 548. The first-order chi connectivity index (χ1) is 10.4. The van der Waals surface area contributed by atoms with Gasteiger partial charge in [-0.1, -0.05) is 0 Å². The minimum absolute atomic E-state index is 0.972. The fraction of sp³-hybridized carbons (Fsp3) is 0.500. The van der Waals surface area contributed by atoms with Crippen molar-refractivity contribution in [1.82, 2.24) is 0 Å². The second kappa shape index (κ2) is 4.03. The molecule has 0 radical (unpaired) electrons.